The lowest BCUT2D eigenvalue weighted by molar-refractivity contribution is -0.142. The summed E-state index contributed by atoms with van der Waals surface area (Å²) in [6.45, 7) is 7.05. The van der Waals surface area contributed by atoms with Crippen LogP contribution in [0, 0.1) is 24.7 Å². The van der Waals surface area contributed by atoms with Crippen LogP contribution in [0.15, 0.2) is 30.4 Å². The van der Waals surface area contributed by atoms with E-state index in [9.17, 15) is 32.7 Å². The zero-order chi connectivity index (χ0) is 36.9. The van der Waals surface area contributed by atoms with Crippen LogP contribution in [0.5, 0.6) is 11.6 Å². The minimum absolute atomic E-state index is 0.00596. The molecule has 1 saturated heterocycles. The Morgan fingerprint density at radius 1 is 1.12 bits per heavy atom. The summed E-state index contributed by atoms with van der Waals surface area (Å²) in [5, 5.41) is 15.0. The second-order valence-corrected chi connectivity index (χ2v) is 17.1. The first-order chi connectivity index (χ1) is 24.1. The molecule has 2 aromatic rings. The minimum Gasteiger partial charge on any atom is -0.497 e. The van der Waals surface area contributed by atoms with Gasteiger partial charge in [-0.25, -0.2) is 23.2 Å². The van der Waals surface area contributed by atoms with Crippen molar-refractivity contribution in [2.45, 2.75) is 101 Å². The number of methoxy groups -OCH3 is 1. The lowest BCUT2D eigenvalue weighted by Crippen LogP contribution is -2.59. The zero-order valence-corrected chi connectivity index (χ0v) is 30.3. The number of rotatable bonds is 7. The highest BCUT2D eigenvalue weighted by Gasteiger charge is 2.63. The van der Waals surface area contributed by atoms with Gasteiger partial charge in [0.2, 0.25) is 27.7 Å². The fourth-order valence-corrected chi connectivity index (χ4v) is 8.54. The summed E-state index contributed by atoms with van der Waals surface area (Å²) in [7, 11) is -2.46. The summed E-state index contributed by atoms with van der Waals surface area (Å²) in [4.78, 5) is 64.9. The van der Waals surface area contributed by atoms with Crippen molar-refractivity contribution in [3.05, 3.63) is 36.0 Å². The van der Waals surface area contributed by atoms with Crippen molar-refractivity contribution in [3.8, 4) is 11.6 Å². The van der Waals surface area contributed by atoms with Gasteiger partial charge in [0, 0.05) is 18.4 Å². The van der Waals surface area contributed by atoms with Crippen molar-refractivity contribution < 1.29 is 42.2 Å². The second-order valence-electron chi connectivity index (χ2n) is 14.9. The van der Waals surface area contributed by atoms with E-state index in [1.165, 1.54) is 12.0 Å². The van der Waals surface area contributed by atoms with Crippen molar-refractivity contribution in [3.63, 3.8) is 0 Å². The number of benzene rings is 1. The van der Waals surface area contributed by atoms with E-state index in [-0.39, 0.29) is 31.2 Å². The van der Waals surface area contributed by atoms with Gasteiger partial charge in [-0.05, 0) is 76.3 Å². The smallest absolute Gasteiger partial charge is 0.405 e. The van der Waals surface area contributed by atoms with Crippen LogP contribution in [-0.4, -0.2) is 94.3 Å². The quantitative estimate of drug-likeness (QED) is 0.305. The SMILES string of the molecule is COc1ccc2nc(C)c(O[C@@H]3C[C@H]4C(=O)NC5(C(=O)NS(=O)(=O)C6(C)CC6)CC5/C=C\CC[C@H](C)C[C@@H](C)[C@H](NC(=O)O)C(=O)N4C3)nc2c1. The number of nitrogens with zero attached hydrogens (tertiary/aromatic N) is 3. The number of aryl methyl sites for hydroxylation is 1. The van der Waals surface area contributed by atoms with Gasteiger partial charge in [0.15, 0.2) is 0 Å². The predicted octanol–water partition coefficient (Wildman–Crippen LogP) is 2.82. The van der Waals surface area contributed by atoms with Crippen LogP contribution in [0.4, 0.5) is 4.79 Å². The summed E-state index contributed by atoms with van der Waals surface area (Å²) >= 11 is 0. The van der Waals surface area contributed by atoms with Crippen LogP contribution in [0.1, 0.15) is 71.4 Å². The minimum atomic E-state index is -4.00. The van der Waals surface area contributed by atoms with Gasteiger partial charge >= 0.3 is 6.09 Å². The van der Waals surface area contributed by atoms with Crippen LogP contribution in [0.3, 0.4) is 0 Å². The van der Waals surface area contributed by atoms with Gasteiger partial charge < -0.3 is 30.1 Å². The number of ether oxygens (including phenoxy) is 2. The van der Waals surface area contributed by atoms with Gasteiger partial charge in [-0.1, -0.05) is 26.0 Å². The maximum Gasteiger partial charge on any atom is 0.405 e. The van der Waals surface area contributed by atoms with Crippen LogP contribution in [0.25, 0.3) is 11.0 Å². The third-order valence-corrected chi connectivity index (χ3v) is 13.0. The van der Waals surface area contributed by atoms with Crippen molar-refractivity contribution in [1.82, 2.24) is 30.2 Å². The van der Waals surface area contributed by atoms with E-state index in [1.54, 1.807) is 39.0 Å². The van der Waals surface area contributed by atoms with Crippen LogP contribution in [-0.2, 0) is 24.4 Å². The highest BCUT2D eigenvalue weighted by molar-refractivity contribution is 7.91. The van der Waals surface area contributed by atoms with Crippen LogP contribution < -0.4 is 24.8 Å². The Kier molecular flexibility index (Phi) is 9.67. The lowest BCUT2D eigenvalue weighted by atomic mass is 9.88. The highest BCUT2D eigenvalue weighted by Crippen LogP contribution is 2.47. The molecule has 4 N–H and O–H groups in total. The molecule has 3 fully saturated rings. The molecule has 16 heteroatoms. The number of fused-ring (bicyclic) bond motifs is 3. The van der Waals surface area contributed by atoms with E-state index in [1.807, 2.05) is 19.1 Å². The maximum absolute atomic E-state index is 14.3. The fourth-order valence-electron chi connectivity index (χ4n) is 7.23. The molecule has 276 valence electrons. The number of aromatic nitrogens is 2. The first-order valence-corrected chi connectivity index (χ1v) is 18.9. The average molecular weight is 727 g/mol. The molecule has 2 aliphatic carbocycles. The van der Waals surface area contributed by atoms with Crippen molar-refractivity contribution in [2.75, 3.05) is 13.7 Å². The summed E-state index contributed by atoms with van der Waals surface area (Å²) in [5.41, 5.74) is 0.0711. The number of allylic oxidation sites excluding steroid dienone is 1. The van der Waals surface area contributed by atoms with Crippen molar-refractivity contribution in [1.29, 1.82) is 0 Å². The number of hydrogen-bond acceptors (Lipinski definition) is 10. The first kappa shape index (κ1) is 36.3. The number of carbonyl (C=O) groups excluding carboxylic acids is 3. The molecule has 15 nitrogen and oxygen atoms in total. The van der Waals surface area contributed by atoms with Gasteiger partial charge in [-0.2, -0.15) is 0 Å². The standard InChI is InChI=1S/C35H46N6O9S/c1-19-8-6-7-9-22-17-35(22,32(44)40-51(47,48)34(4)12-13-34)39-29(42)27-16-24(18-41(27)31(43)28(20(2)14-19)38-33(45)46)50-30-21(3)36-25-11-10-23(49-5)15-26(25)37-30/h7,9-11,15,19-20,22,24,27-28,38H,6,8,12-14,16-18H2,1-5H3,(H,39,42)(H,40,44)(H,45,46)/b9-7-/t19-,20+,22?,24+,27-,28-,35?/m0/s1. The molecule has 6 rings (SSSR count). The van der Waals surface area contributed by atoms with Crippen molar-refractivity contribution in [2.24, 2.45) is 17.8 Å². The number of carboxylic acid groups (broad SMARTS) is 1. The van der Waals surface area contributed by atoms with E-state index >= 15 is 0 Å². The molecular formula is C35H46N6O9S. The summed E-state index contributed by atoms with van der Waals surface area (Å²) in [6, 6.07) is 2.92. The molecule has 2 unspecified atom stereocenters. The number of nitrogens with one attached hydrogen (secondary N) is 3. The normalized spacial score (nSPS) is 31.2. The Labute approximate surface area is 297 Å². The molecule has 4 amide bonds. The van der Waals surface area contributed by atoms with E-state index in [0.29, 0.717) is 48.2 Å². The van der Waals surface area contributed by atoms with E-state index in [4.69, 9.17) is 9.47 Å². The third kappa shape index (κ3) is 7.32. The van der Waals surface area contributed by atoms with Gasteiger partial charge in [0.25, 0.3) is 5.91 Å². The summed E-state index contributed by atoms with van der Waals surface area (Å²) in [5.74, 6) is -2.08. The van der Waals surface area contributed by atoms with Crippen molar-refractivity contribution >= 4 is 44.9 Å². The molecular weight excluding hydrogens is 680 g/mol. The van der Waals surface area contributed by atoms with Gasteiger partial charge in [-0.3, -0.25) is 19.1 Å². The molecule has 7 atom stereocenters. The van der Waals surface area contributed by atoms with Gasteiger partial charge in [0.1, 0.15) is 35.2 Å². The molecule has 1 aromatic carbocycles. The first-order valence-electron chi connectivity index (χ1n) is 17.4. The fraction of sp³-hybridized carbons (Fsp3) is 0.600. The Hall–Kier alpha value is -4.47. The average Bonchev–Trinajstić information content (AvgIpc) is 3.95. The molecule has 0 bridgehead atoms. The molecule has 0 spiro atoms. The molecule has 2 aliphatic heterocycles. The van der Waals surface area contributed by atoms with E-state index in [2.05, 4.69) is 25.3 Å². The summed E-state index contributed by atoms with van der Waals surface area (Å²) < 4.78 is 39.0. The summed E-state index contributed by atoms with van der Waals surface area (Å²) in [6.07, 6.45) is 4.59. The monoisotopic (exact) mass is 726 g/mol. The Bertz CT molecular complexity index is 1880. The molecule has 1 aromatic heterocycles. The van der Waals surface area contributed by atoms with Crippen LogP contribution in [0.2, 0.25) is 0 Å². The maximum atomic E-state index is 14.3. The Morgan fingerprint density at radius 2 is 1.86 bits per heavy atom. The number of hydrogen-bond donors (Lipinski definition) is 4. The predicted molar refractivity (Wildman–Crippen MR) is 185 cm³/mol. The Balaban J connectivity index is 1.33. The second kappa shape index (κ2) is 13.6. The molecule has 4 aliphatic rings. The Morgan fingerprint density at radius 3 is 2.55 bits per heavy atom. The number of sulfonamides is 1. The zero-order valence-electron chi connectivity index (χ0n) is 29.5. The molecule has 51 heavy (non-hydrogen) atoms. The molecule has 0 radical (unpaired) electrons. The highest BCUT2D eigenvalue weighted by atomic mass is 32.2. The van der Waals surface area contributed by atoms with E-state index < -0.39 is 74.1 Å². The topological polar surface area (TPSA) is 206 Å². The number of carbonyl (C=O) groups is 4. The third-order valence-electron chi connectivity index (χ3n) is 10.8. The molecule has 3 heterocycles. The number of amides is 4. The van der Waals surface area contributed by atoms with Crippen LogP contribution >= 0.6 is 0 Å². The molecule has 2 saturated carbocycles. The van der Waals surface area contributed by atoms with E-state index in [0.717, 1.165) is 6.42 Å². The largest absolute Gasteiger partial charge is 0.497 e. The van der Waals surface area contributed by atoms with Gasteiger partial charge in [0.05, 0.1) is 29.4 Å². The lowest BCUT2D eigenvalue weighted by Gasteiger charge is -2.32. The van der Waals surface area contributed by atoms with Gasteiger partial charge in [-0.15, -0.1) is 0 Å².